The van der Waals surface area contributed by atoms with Crippen LogP contribution in [-0.2, 0) is 28.9 Å². The van der Waals surface area contributed by atoms with Crippen LogP contribution in [0.2, 0.25) is 0 Å². The summed E-state index contributed by atoms with van der Waals surface area (Å²) in [5, 5.41) is 3.37. The monoisotopic (exact) mass is 493 g/mol. The van der Waals surface area contributed by atoms with Crippen molar-refractivity contribution in [2.45, 2.75) is 71.1 Å². The molecule has 0 radical (unpaired) electrons. The summed E-state index contributed by atoms with van der Waals surface area (Å²) in [6, 6.07) is 7.23. The minimum absolute atomic E-state index is 0.0151. The van der Waals surface area contributed by atoms with Crippen molar-refractivity contribution in [2.75, 3.05) is 19.0 Å². The summed E-state index contributed by atoms with van der Waals surface area (Å²) >= 11 is 0. The Balaban J connectivity index is 1.48. The minimum atomic E-state index is -0.614. The molecule has 0 amide bonds. The van der Waals surface area contributed by atoms with Gasteiger partial charge in [-0.3, -0.25) is 13.9 Å². The minimum Gasteiger partial charge on any atom is -0.481 e. The van der Waals surface area contributed by atoms with Crippen molar-refractivity contribution in [3.63, 3.8) is 0 Å². The van der Waals surface area contributed by atoms with Crippen molar-refractivity contribution in [1.29, 1.82) is 0 Å². The number of esters is 1. The van der Waals surface area contributed by atoms with Gasteiger partial charge in [-0.2, -0.15) is 0 Å². The number of carbonyl (C=O) groups is 1. The fourth-order valence-electron chi connectivity index (χ4n) is 4.40. The molecule has 1 atom stereocenters. The van der Waals surface area contributed by atoms with Crippen LogP contribution in [0.25, 0.3) is 0 Å². The fraction of sp³-hybridized carbons (Fsp3) is 0.481. The third-order valence-electron chi connectivity index (χ3n) is 6.13. The first-order valence-electron chi connectivity index (χ1n) is 12.5. The van der Waals surface area contributed by atoms with Gasteiger partial charge in [0.25, 0.3) is 0 Å². The number of rotatable bonds is 9. The quantitative estimate of drug-likeness (QED) is 0.453. The zero-order chi connectivity index (χ0) is 25.7. The highest BCUT2D eigenvalue weighted by Gasteiger charge is 2.25. The molecule has 9 heteroatoms. The van der Waals surface area contributed by atoms with Crippen LogP contribution in [0, 0.1) is 0 Å². The topological polar surface area (TPSA) is 100 Å². The molecule has 0 aromatic carbocycles. The Morgan fingerprint density at radius 2 is 2.03 bits per heavy atom. The number of anilines is 1. The summed E-state index contributed by atoms with van der Waals surface area (Å²) < 4.78 is 13.9. The molecule has 0 saturated carbocycles. The van der Waals surface area contributed by atoms with Crippen LogP contribution in [0.1, 0.15) is 62.9 Å². The number of nitrogens with zero attached hydrogens (tertiary/aromatic N) is 4. The van der Waals surface area contributed by atoms with E-state index < -0.39 is 11.6 Å². The third kappa shape index (κ3) is 6.33. The van der Waals surface area contributed by atoms with Crippen LogP contribution in [-0.4, -0.2) is 44.3 Å². The van der Waals surface area contributed by atoms with Gasteiger partial charge in [-0.15, -0.1) is 0 Å². The standard InChI is InChI=1S/C27H35N5O4/c1-27(2,3)36-24(33)17-22(20-10-12-23(35-4)29-18-20)32-16-15-31(26(32)34)14-6-8-21-11-9-19-7-5-13-28-25(19)30-21/h9-12,15-16,18,22H,5-8,13-14,17H2,1-4H3,(H,28,30). The van der Waals surface area contributed by atoms with E-state index in [1.54, 1.807) is 40.9 Å². The summed E-state index contributed by atoms with van der Waals surface area (Å²) in [6.45, 7) is 6.99. The van der Waals surface area contributed by atoms with E-state index in [2.05, 4.69) is 22.4 Å². The molecule has 0 aliphatic carbocycles. The Kier molecular flexibility index (Phi) is 7.76. The van der Waals surface area contributed by atoms with Gasteiger partial charge in [0.1, 0.15) is 11.4 Å². The van der Waals surface area contributed by atoms with Crippen LogP contribution in [0.5, 0.6) is 5.88 Å². The first kappa shape index (κ1) is 25.5. The van der Waals surface area contributed by atoms with Gasteiger partial charge < -0.3 is 14.8 Å². The Labute approximate surface area is 211 Å². The van der Waals surface area contributed by atoms with Gasteiger partial charge in [-0.1, -0.05) is 12.1 Å². The van der Waals surface area contributed by atoms with Crippen molar-refractivity contribution in [2.24, 2.45) is 0 Å². The maximum Gasteiger partial charge on any atom is 0.328 e. The van der Waals surface area contributed by atoms with Crippen LogP contribution >= 0.6 is 0 Å². The number of nitrogens with one attached hydrogen (secondary N) is 1. The first-order chi connectivity index (χ1) is 17.2. The molecule has 36 heavy (non-hydrogen) atoms. The lowest BCUT2D eigenvalue weighted by molar-refractivity contribution is -0.155. The lowest BCUT2D eigenvalue weighted by Crippen LogP contribution is -2.31. The van der Waals surface area contributed by atoms with Crippen LogP contribution in [0.15, 0.2) is 47.7 Å². The molecule has 4 heterocycles. The van der Waals surface area contributed by atoms with Gasteiger partial charge in [0.05, 0.1) is 19.6 Å². The first-order valence-corrected chi connectivity index (χ1v) is 12.5. The molecule has 4 rings (SSSR count). The molecular formula is C27H35N5O4. The van der Waals surface area contributed by atoms with E-state index in [0.29, 0.717) is 12.4 Å². The highest BCUT2D eigenvalue weighted by molar-refractivity contribution is 5.71. The molecule has 1 N–H and O–H groups in total. The normalized spacial score (nSPS) is 14.0. The molecule has 3 aromatic rings. The van der Waals surface area contributed by atoms with E-state index in [9.17, 15) is 9.59 Å². The van der Waals surface area contributed by atoms with Gasteiger partial charge in [0.15, 0.2) is 0 Å². The molecule has 3 aromatic heterocycles. The second kappa shape index (κ2) is 11.0. The van der Waals surface area contributed by atoms with Crippen molar-refractivity contribution < 1.29 is 14.3 Å². The van der Waals surface area contributed by atoms with Gasteiger partial charge >= 0.3 is 11.7 Å². The number of ether oxygens (including phenoxy) is 2. The van der Waals surface area contributed by atoms with E-state index in [0.717, 1.165) is 49.3 Å². The number of hydrogen-bond donors (Lipinski definition) is 1. The maximum atomic E-state index is 13.3. The number of hydrogen-bond acceptors (Lipinski definition) is 7. The fourth-order valence-corrected chi connectivity index (χ4v) is 4.40. The molecule has 1 aliphatic rings. The van der Waals surface area contributed by atoms with E-state index in [4.69, 9.17) is 14.5 Å². The van der Waals surface area contributed by atoms with Crippen molar-refractivity contribution in [1.82, 2.24) is 19.1 Å². The zero-order valence-corrected chi connectivity index (χ0v) is 21.5. The summed E-state index contributed by atoms with van der Waals surface area (Å²) in [5.41, 5.74) is 2.22. The van der Waals surface area contributed by atoms with Crippen molar-refractivity contribution >= 4 is 11.8 Å². The Bertz CT molecular complexity index is 1240. The number of pyridine rings is 2. The van der Waals surface area contributed by atoms with Crippen LogP contribution in [0.3, 0.4) is 0 Å². The number of imidazole rings is 1. The second-order valence-electron chi connectivity index (χ2n) is 10.1. The Morgan fingerprint density at radius 3 is 2.75 bits per heavy atom. The van der Waals surface area contributed by atoms with E-state index in [1.165, 1.54) is 5.56 Å². The summed E-state index contributed by atoms with van der Waals surface area (Å²) in [4.78, 5) is 35.0. The SMILES string of the molecule is COc1ccc(C(CC(=O)OC(C)(C)C)n2ccn(CCCc3ccc4c(n3)NCCC4)c2=O)cn1. The maximum absolute atomic E-state index is 13.3. The predicted octanol–water partition coefficient (Wildman–Crippen LogP) is 3.76. The van der Waals surface area contributed by atoms with E-state index >= 15 is 0 Å². The van der Waals surface area contributed by atoms with Gasteiger partial charge in [-0.25, -0.2) is 14.8 Å². The lowest BCUT2D eigenvalue weighted by Gasteiger charge is -2.23. The van der Waals surface area contributed by atoms with E-state index in [-0.39, 0.29) is 18.1 Å². The Morgan fingerprint density at radius 1 is 1.19 bits per heavy atom. The largest absolute Gasteiger partial charge is 0.481 e. The highest BCUT2D eigenvalue weighted by Crippen LogP contribution is 2.24. The molecule has 0 fully saturated rings. The number of aromatic nitrogens is 4. The predicted molar refractivity (Wildman–Crippen MR) is 137 cm³/mol. The van der Waals surface area contributed by atoms with E-state index in [1.807, 2.05) is 26.8 Å². The summed E-state index contributed by atoms with van der Waals surface area (Å²) in [6.07, 6.45) is 8.88. The number of fused-ring (bicyclic) bond motifs is 1. The molecular weight excluding hydrogens is 458 g/mol. The molecule has 1 aliphatic heterocycles. The van der Waals surface area contributed by atoms with Gasteiger partial charge in [-0.05, 0) is 63.6 Å². The smallest absolute Gasteiger partial charge is 0.328 e. The molecule has 0 bridgehead atoms. The second-order valence-corrected chi connectivity index (χ2v) is 10.1. The summed E-state index contributed by atoms with van der Waals surface area (Å²) in [5.74, 6) is 1.07. The molecule has 0 spiro atoms. The molecule has 192 valence electrons. The Hall–Kier alpha value is -3.62. The van der Waals surface area contributed by atoms with Gasteiger partial charge in [0, 0.05) is 43.4 Å². The van der Waals surface area contributed by atoms with Gasteiger partial charge in [0.2, 0.25) is 5.88 Å². The van der Waals surface area contributed by atoms with Crippen molar-refractivity contribution in [3.05, 3.63) is 70.2 Å². The number of aryl methyl sites for hydroxylation is 3. The third-order valence-corrected chi connectivity index (χ3v) is 6.13. The number of carbonyl (C=O) groups excluding carboxylic acids is 1. The molecule has 1 unspecified atom stereocenters. The highest BCUT2D eigenvalue weighted by atomic mass is 16.6. The van der Waals surface area contributed by atoms with Crippen LogP contribution in [0.4, 0.5) is 5.82 Å². The average Bonchev–Trinajstić information content (AvgIpc) is 3.21. The van der Waals surface area contributed by atoms with Crippen molar-refractivity contribution in [3.8, 4) is 5.88 Å². The number of methoxy groups -OCH3 is 1. The summed E-state index contributed by atoms with van der Waals surface area (Å²) in [7, 11) is 1.54. The average molecular weight is 494 g/mol. The van der Waals surface area contributed by atoms with Crippen LogP contribution < -0.4 is 15.7 Å². The molecule has 0 saturated heterocycles. The lowest BCUT2D eigenvalue weighted by atomic mass is 10.1. The zero-order valence-electron chi connectivity index (χ0n) is 21.5. The molecule has 9 nitrogen and oxygen atoms in total.